The van der Waals surface area contributed by atoms with Gasteiger partial charge in [-0.1, -0.05) is 182 Å². The Morgan fingerprint density at radius 2 is 0.741 bits per heavy atom. The lowest BCUT2D eigenvalue weighted by atomic mass is 9.94. The van der Waals surface area contributed by atoms with Crippen LogP contribution in [0.5, 0.6) is 0 Å². The molecule has 0 aliphatic carbocycles. The van der Waals surface area contributed by atoms with E-state index in [1.54, 1.807) is 0 Å². The fraction of sp³-hybridized carbons (Fsp3) is 0. The van der Waals surface area contributed by atoms with Crippen LogP contribution in [0.25, 0.3) is 86.2 Å². The summed E-state index contributed by atoms with van der Waals surface area (Å²) in [5, 5.41) is 7.60. The lowest BCUT2D eigenvalue weighted by molar-refractivity contribution is 1.28. The quantitative estimate of drug-likeness (QED) is 0.157. The second-order valence-electron chi connectivity index (χ2n) is 14.9. The van der Waals surface area contributed by atoms with Gasteiger partial charge in [0.2, 0.25) is 0 Å². The number of para-hydroxylation sites is 2. The number of nitrogens with zero attached hydrogens (tertiary/aromatic N) is 1. The Morgan fingerprint density at radius 1 is 0.276 bits per heavy atom. The molecule has 10 aromatic carbocycles. The molecule has 11 aromatic rings. The Hall–Kier alpha value is -7.26. The SMILES string of the molecule is c1ccc(N(c2ccc(-c3ccc(-c4cccc5ccccc45)cc3)cc2)c2ccccc2-c2cccc3ccccc23)c(-c2ccc3sc4ccccc4c3c2)c1. The van der Waals surface area contributed by atoms with Gasteiger partial charge in [0.15, 0.2) is 0 Å². The zero-order valence-electron chi connectivity index (χ0n) is 31.7. The van der Waals surface area contributed by atoms with Crippen molar-refractivity contribution in [2.45, 2.75) is 0 Å². The molecule has 0 bridgehead atoms. The van der Waals surface area contributed by atoms with Crippen LogP contribution in [-0.2, 0) is 0 Å². The summed E-state index contributed by atoms with van der Waals surface area (Å²) in [6.45, 7) is 0. The van der Waals surface area contributed by atoms with E-state index in [0.29, 0.717) is 0 Å². The van der Waals surface area contributed by atoms with Crippen LogP contribution in [0.1, 0.15) is 0 Å². The molecule has 0 fully saturated rings. The summed E-state index contributed by atoms with van der Waals surface area (Å²) in [7, 11) is 0. The summed E-state index contributed by atoms with van der Waals surface area (Å²) < 4.78 is 2.62. The molecule has 0 spiro atoms. The van der Waals surface area contributed by atoms with Crippen molar-refractivity contribution >= 4 is 70.1 Å². The van der Waals surface area contributed by atoms with E-state index < -0.39 is 0 Å². The monoisotopic (exact) mass is 755 g/mol. The molecule has 0 radical (unpaired) electrons. The van der Waals surface area contributed by atoms with Crippen LogP contribution in [0.3, 0.4) is 0 Å². The third-order valence-corrected chi connectivity index (χ3v) is 12.7. The molecule has 1 aromatic heterocycles. The van der Waals surface area contributed by atoms with Crippen molar-refractivity contribution in [2.24, 2.45) is 0 Å². The normalized spacial score (nSPS) is 11.4. The van der Waals surface area contributed by atoms with E-state index in [2.05, 4.69) is 229 Å². The van der Waals surface area contributed by atoms with Crippen LogP contribution in [0.15, 0.2) is 224 Å². The maximum Gasteiger partial charge on any atom is 0.0540 e. The Balaban J connectivity index is 1.05. The smallest absolute Gasteiger partial charge is 0.0540 e. The predicted octanol–water partition coefficient (Wildman–Crippen LogP) is 16.5. The van der Waals surface area contributed by atoms with Crippen LogP contribution in [0, 0.1) is 0 Å². The zero-order chi connectivity index (χ0) is 38.4. The van der Waals surface area contributed by atoms with Gasteiger partial charge in [0.1, 0.15) is 0 Å². The van der Waals surface area contributed by atoms with Gasteiger partial charge < -0.3 is 4.90 Å². The number of anilines is 3. The van der Waals surface area contributed by atoms with Gasteiger partial charge in [-0.25, -0.2) is 0 Å². The lowest BCUT2D eigenvalue weighted by Gasteiger charge is -2.30. The average Bonchev–Trinajstić information content (AvgIpc) is 3.67. The van der Waals surface area contributed by atoms with Gasteiger partial charge in [-0.15, -0.1) is 11.3 Å². The van der Waals surface area contributed by atoms with Crippen molar-refractivity contribution in [1.82, 2.24) is 0 Å². The molecule has 0 amide bonds. The third kappa shape index (κ3) is 5.94. The number of thiophene rings is 1. The van der Waals surface area contributed by atoms with Crippen molar-refractivity contribution in [3.8, 4) is 44.5 Å². The fourth-order valence-corrected chi connectivity index (χ4v) is 9.78. The maximum atomic E-state index is 2.45. The minimum absolute atomic E-state index is 1.10. The molecule has 0 saturated heterocycles. The first-order valence-corrected chi connectivity index (χ1v) is 20.7. The van der Waals surface area contributed by atoms with Crippen molar-refractivity contribution in [3.05, 3.63) is 224 Å². The highest BCUT2D eigenvalue weighted by Gasteiger charge is 2.21. The zero-order valence-corrected chi connectivity index (χ0v) is 32.5. The molecule has 0 aliphatic rings. The molecule has 0 aliphatic heterocycles. The fourth-order valence-electron chi connectivity index (χ4n) is 8.69. The van der Waals surface area contributed by atoms with E-state index >= 15 is 0 Å². The van der Waals surface area contributed by atoms with Crippen molar-refractivity contribution in [2.75, 3.05) is 4.90 Å². The molecule has 0 unspecified atom stereocenters. The Labute approximate surface area is 342 Å². The number of hydrogen-bond donors (Lipinski definition) is 0. The molecule has 11 rings (SSSR count). The Morgan fingerprint density at radius 3 is 1.47 bits per heavy atom. The van der Waals surface area contributed by atoms with Gasteiger partial charge in [-0.2, -0.15) is 0 Å². The number of benzene rings is 10. The first-order valence-electron chi connectivity index (χ1n) is 19.8. The van der Waals surface area contributed by atoms with Gasteiger partial charge >= 0.3 is 0 Å². The second kappa shape index (κ2) is 14.4. The molecular formula is C56H37NS. The molecule has 1 nitrogen and oxygen atoms in total. The standard InChI is InChI=1S/C56H37NS/c1-3-17-45-40(13-1)15-11-22-46(45)42-29-27-38(28-30-42)39-31-34-44(35-32-39)57(54-25-9-6-20-50(54)49-23-12-16-41-14-2-4-18-47(41)49)53-24-8-5-19-48(53)43-33-36-56-52(37-43)51-21-7-10-26-55(51)58-56/h1-37H. The summed E-state index contributed by atoms with van der Waals surface area (Å²) in [6.07, 6.45) is 0. The molecule has 2 heteroatoms. The summed E-state index contributed by atoms with van der Waals surface area (Å²) in [6, 6.07) is 82.0. The minimum atomic E-state index is 1.10. The van der Waals surface area contributed by atoms with Crippen LogP contribution in [0.2, 0.25) is 0 Å². The van der Waals surface area contributed by atoms with Crippen molar-refractivity contribution < 1.29 is 0 Å². The van der Waals surface area contributed by atoms with E-state index in [1.165, 1.54) is 86.2 Å². The van der Waals surface area contributed by atoms with E-state index in [4.69, 9.17) is 0 Å². The molecule has 58 heavy (non-hydrogen) atoms. The molecule has 1 heterocycles. The van der Waals surface area contributed by atoms with E-state index in [-0.39, 0.29) is 0 Å². The van der Waals surface area contributed by atoms with Crippen LogP contribution in [0.4, 0.5) is 17.1 Å². The van der Waals surface area contributed by atoms with Crippen molar-refractivity contribution in [1.29, 1.82) is 0 Å². The summed E-state index contributed by atoms with van der Waals surface area (Å²) >= 11 is 1.86. The Bertz CT molecular complexity index is 3270. The summed E-state index contributed by atoms with van der Waals surface area (Å²) in [4.78, 5) is 2.45. The molecule has 0 atom stereocenters. The number of fused-ring (bicyclic) bond motifs is 5. The van der Waals surface area contributed by atoms with E-state index in [0.717, 1.165) is 17.1 Å². The molecule has 272 valence electrons. The van der Waals surface area contributed by atoms with Gasteiger partial charge in [-0.05, 0) is 97.4 Å². The van der Waals surface area contributed by atoms with Gasteiger partial charge in [0.25, 0.3) is 0 Å². The van der Waals surface area contributed by atoms with Crippen LogP contribution in [-0.4, -0.2) is 0 Å². The minimum Gasteiger partial charge on any atom is -0.309 e. The summed E-state index contributed by atoms with van der Waals surface area (Å²) in [5.74, 6) is 0. The predicted molar refractivity (Wildman–Crippen MR) is 251 cm³/mol. The average molecular weight is 756 g/mol. The highest BCUT2D eigenvalue weighted by atomic mass is 32.1. The highest BCUT2D eigenvalue weighted by Crippen LogP contribution is 2.47. The number of hydrogen-bond acceptors (Lipinski definition) is 2. The van der Waals surface area contributed by atoms with E-state index in [1.807, 2.05) is 11.3 Å². The largest absolute Gasteiger partial charge is 0.309 e. The van der Waals surface area contributed by atoms with Gasteiger partial charge in [0, 0.05) is 37.0 Å². The van der Waals surface area contributed by atoms with Gasteiger partial charge in [-0.3, -0.25) is 0 Å². The third-order valence-electron chi connectivity index (χ3n) is 11.5. The topological polar surface area (TPSA) is 3.24 Å². The van der Waals surface area contributed by atoms with Crippen LogP contribution < -0.4 is 4.90 Å². The second-order valence-corrected chi connectivity index (χ2v) is 15.9. The van der Waals surface area contributed by atoms with E-state index in [9.17, 15) is 0 Å². The number of rotatable bonds is 7. The molecule has 0 N–H and O–H groups in total. The Kier molecular flexibility index (Phi) is 8.42. The van der Waals surface area contributed by atoms with Crippen molar-refractivity contribution in [3.63, 3.8) is 0 Å². The maximum absolute atomic E-state index is 2.45. The molecular weight excluding hydrogens is 719 g/mol. The first-order chi connectivity index (χ1) is 28.8. The lowest BCUT2D eigenvalue weighted by Crippen LogP contribution is -2.12. The molecule has 0 saturated carbocycles. The first kappa shape index (κ1) is 34.0. The van der Waals surface area contributed by atoms with Crippen LogP contribution >= 0.6 is 11.3 Å². The van der Waals surface area contributed by atoms with Gasteiger partial charge in [0.05, 0.1) is 11.4 Å². The highest BCUT2D eigenvalue weighted by molar-refractivity contribution is 7.25. The summed E-state index contributed by atoms with van der Waals surface area (Å²) in [5.41, 5.74) is 13.0.